The van der Waals surface area contributed by atoms with Gasteiger partial charge in [0.15, 0.2) is 0 Å². The maximum Gasteiger partial charge on any atom is 0.258 e. The van der Waals surface area contributed by atoms with Gasteiger partial charge in [0, 0.05) is 19.4 Å². The first-order valence-electron chi connectivity index (χ1n) is 4.95. The lowest BCUT2D eigenvalue weighted by Crippen LogP contribution is -2.31. The van der Waals surface area contributed by atoms with E-state index in [0.717, 1.165) is 25.1 Å². The van der Waals surface area contributed by atoms with Crippen LogP contribution < -0.4 is 5.56 Å². The Kier molecular flexibility index (Phi) is 2.86. The second kappa shape index (κ2) is 4.14. The molecule has 0 unspecified atom stereocenters. The van der Waals surface area contributed by atoms with Crippen LogP contribution in [0.2, 0.25) is 5.15 Å². The van der Waals surface area contributed by atoms with Crippen LogP contribution in [0, 0.1) is 0 Å². The summed E-state index contributed by atoms with van der Waals surface area (Å²) in [5.74, 6) is 0.742. The van der Waals surface area contributed by atoms with Crippen LogP contribution in [0.25, 0.3) is 0 Å². The molecule has 1 aliphatic heterocycles. The van der Waals surface area contributed by atoms with Crippen molar-refractivity contribution >= 4 is 17.9 Å². The zero-order chi connectivity index (χ0) is 10.8. The molecule has 0 saturated carbocycles. The number of nitrogens with zero attached hydrogens (tertiary/aromatic N) is 2. The molecule has 1 aromatic rings. The molecule has 0 amide bonds. The van der Waals surface area contributed by atoms with Crippen LogP contribution in [-0.4, -0.2) is 15.8 Å². The summed E-state index contributed by atoms with van der Waals surface area (Å²) in [4.78, 5) is 26.5. The zero-order valence-electron chi connectivity index (χ0n) is 8.20. The van der Waals surface area contributed by atoms with Gasteiger partial charge in [-0.05, 0) is 12.8 Å². The molecule has 15 heavy (non-hydrogen) atoms. The SMILES string of the molecule is O=CCc1c(Cl)nc2n(c1=O)CCCC2. The largest absolute Gasteiger partial charge is 0.303 e. The van der Waals surface area contributed by atoms with Gasteiger partial charge in [-0.25, -0.2) is 4.98 Å². The number of carbonyl (C=O) groups is 1. The topological polar surface area (TPSA) is 52.0 Å². The molecule has 5 heteroatoms. The lowest BCUT2D eigenvalue weighted by atomic mass is 10.1. The van der Waals surface area contributed by atoms with Crippen molar-refractivity contribution in [1.29, 1.82) is 0 Å². The van der Waals surface area contributed by atoms with Crippen LogP contribution >= 0.6 is 11.6 Å². The minimum Gasteiger partial charge on any atom is -0.303 e. The monoisotopic (exact) mass is 226 g/mol. The van der Waals surface area contributed by atoms with Gasteiger partial charge >= 0.3 is 0 Å². The lowest BCUT2D eigenvalue weighted by Gasteiger charge is -2.18. The van der Waals surface area contributed by atoms with Gasteiger partial charge in [-0.1, -0.05) is 11.6 Å². The molecule has 80 valence electrons. The van der Waals surface area contributed by atoms with Gasteiger partial charge < -0.3 is 4.79 Å². The average molecular weight is 227 g/mol. The second-order valence-electron chi connectivity index (χ2n) is 3.58. The first-order valence-corrected chi connectivity index (χ1v) is 5.33. The summed E-state index contributed by atoms with van der Waals surface area (Å²) in [5.41, 5.74) is 0.161. The molecule has 1 aliphatic rings. The van der Waals surface area contributed by atoms with Crippen molar-refractivity contribution in [2.24, 2.45) is 0 Å². The summed E-state index contributed by atoms with van der Waals surface area (Å²) in [5, 5.41) is 0.181. The third-order valence-electron chi connectivity index (χ3n) is 2.61. The number of carbonyl (C=O) groups excluding carboxylic acids is 1. The zero-order valence-corrected chi connectivity index (χ0v) is 8.96. The van der Waals surface area contributed by atoms with Crippen LogP contribution in [0.15, 0.2) is 4.79 Å². The van der Waals surface area contributed by atoms with E-state index in [9.17, 15) is 9.59 Å². The summed E-state index contributed by atoms with van der Waals surface area (Å²) in [6.07, 6.45) is 3.54. The van der Waals surface area contributed by atoms with Crippen molar-refractivity contribution in [2.45, 2.75) is 32.2 Å². The van der Waals surface area contributed by atoms with Crippen molar-refractivity contribution < 1.29 is 4.79 Å². The van der Waals surface area contributed by atoms with E-state index in [1.54, 1.807) is 4.57 Å². The molecule has 2 heterocycles. The van der Waals surface area contributed by atoms with E-state index in [2.05, 4.69) is 4.98 Å². The number of fused-ring (bicyclic) bond motifs is 1. The lowest BCUT2D eigenvalue weighted by molar-refractivity contribution is -0.107. The number of hydrogen-bond donors (Lipinski definition) is 0. The van der Waals surface area contributed by atoms with Crippen LogP contribution in [0.1, 0.15) is 24.2 Å². The van der Waals surface area contributed by atoms with E-state index in [-0.39, 0.29) is 17.1 Å². The molecular formula is C10H11ClN2O2. The highest BCUT2D eigenvalue weighted by atomic mass is 35.5. The van der Waals surface area contributed by atoms with Crippen molar-refractivity contribution in [3.8, 4) is 0 Å². The number of aryl methyl sites for hydroxylation is 1. The van der Waals surface area contributed by atoms with Crippen molar-refractivity contribution in [1.82, 2.24) is 9.55 Å². The number of aromatic nitrogens is 2. The normalized spacial score (nSPS) is 14.7. The Morgan fingerprint density at radius 3 is 3.00 bits per heavy atom. The Bertz CT molecular complexity index is 453. The fourth-order valence-corrected chi connectivity index (χ4v) is 2.09. The number of aldehydes is 1. The quantitative estimate of drug-likeness (QED) is 0.558. The van der Waals surface area contributed by atoms with E-state index in [1.165, 1.54) is 0 Å². The van der Waals surface area contributed by atoms with Crippen molar-refractivity contribution in [2.75, 3.05) is 0 Å². The summed E-state index contributed by atoms with van der Waals surface area (Å²) in [6, 6.07) is 0. The standard InChI is InChI=1S/C10H11ClN2O2/c11-9-7(4-6-14)10(15)13-5-2-1-3-8(13)12-9/h6H,1-5H2. The molecular weight excluding hydrogens is 216 g/mol. The van der Waals surface area contributed by atoms with Gasteiger partial charge in [-0.15, -0.1) is 0 Å². The summed E-state index contributed by atoms with van der Waals surface area (Å²) < 4.78 is 1.63. The van der Waals surface area contributed by atoms with E-state index in [0.29, 0.717) is 18.4 Å². The van der Waals surface area contributed by atoms with E-state index in [1.807, 2.05) is 0 Å². The molecule has 0 radical (unpaired) electrons. The summed E-state index contributed by atoms with van der Waals surface area (Å²) >= 11 is 5.86. The Labute approximate surface area is 91.9 Å². The highest BCUT2D eigenvalue weighted by Gasteiger charge is 2.17. The molecule has 4 nitrogen and oxygen atoms in total. The van der Waals surface area contributed by atoms with E-state index in [4.69, 9.17) is 11.6 Å². The highest BCUT2D eigenvalue weighted by Crippen LogP contribution is 2.15. The fourth-order valence-electron chi connectivity index (χ4n) is 1.84. The van der Waals surface area contributed by atoms with E-state index >= 15 is 0 Å². The van der Waals surface area contributed by atoms with E-state index < -0.39 is 0 Å². The Morgan fingerprint density at radius 2 is 2.27 bits per heavy atom. The number of halogens is 1. The predicted molar refractivity (Wildman–Crippen MR) is 56.2 cm³/mol. The van der Waals surface area contributed by atoms with Gasteiger partial charge in [0.1, 0.15) is 17.3 Å². The maximum absolute atomic E-state index is 11.9. The molecule has 0 fully saturated rings. The summed E-state index contributed by atoms with van der Waals surface area (Å²) in [6.45, 7) is 0.685. The molecule has 0 bridgehead atoms. The smallest absolute Gasteiger partial charge is 0.258 e. The minimum absolute atomic E-state index is 0.0466. The molecule has 0 spiro atoms. The predicted octanol–water partition coefficient (Wildman–Crippen LogP) is 0.974. The maximum atomic E-state index is 11.9. The van der Waals surface area contributed by atoms with Crippen LogP contribution in [-0.2, 0) is 24.2 Å². The fraction of sp³-hybridized carbons (Fsp3) is 0.500. The first-order chi connectivity index (χ1) is 7.24. The molecule has 0 atom stereocenters. The van der Waals surface area contributed by atoms with Crippen LogP contribution in [0.4, 0.5) is 0 Å². The highest BCUT2D eigenvalue weighted by molar-refractivity contribution is 6.30. The molecule has 0 N–H and O–H groups in total. The summed E-state index contributed by atoms with van der Waals surface area (Å²) in [7, 11) is 0. The average Bonchev–Trinajstić information content (AvgIpc) is 2.24. The molecule has 2 rings (SSSR count). The molecule has 1 aromatic heterocycles. The van der Waals surface area contributed by atoms with Gasteiger partial charge in [-0.3, -0.25) is 9.36 Å². The van der Waals surface area contributed by atoms with Crippen LogP contribution in [0.5, 0.6) is 0 Å². The van der Waals surface area contributed by atoms with Crippen molar-refractivity contribution in [3.63, 3.8) is 0 Å². The minimum atomic E-state index is -0.156. The third-order valence-corrected chi connectivity index (χ3v) is 2.92. The van der Waals surface area contributed by atoms with Crippen molar-refractivity contribution in [3.05, 3.63) is 26.9 Å². The first kappa shape index (κ1) is 10.4. The van der Waals surface area contributed by atoms with Gasteiger partial charge in [0.2, 0.25) is 0 Å². The molecule has 0 aliphatic carbocycles. The van der Waals surface area contributed by atoms with Gasteiger partial charge in [-0.2, -0.15) is 0 Å². The number of hydrogen-bond acceptors (Lipinski definition) is 3. The Balaban J connectivity index is 2.59. The van der Waals surface area contributed by atoms with Gasteiger partial charge in [0.25, 0.3) is 5.56 Å². The Morgan fingerprint density at radius 1 is 1.47 bits per heavy atom. The van der Waals surface area contributed by atoms with Gasteiger partial charge in [0.05, 0.1) is 5.56 Å². The van der Waals surface area contributed by atoms with Crippen LogP contribution in [0.3, 0.4) is 0 Å². The molecule has 0 aromatic carbocycles. The Hall–Kier alpha value is -1.16. The molecule has 0 saturated heterocycles. The number of rotatable bonds is 2. The second-order valence-corrected chi connectivity index (χ2v) is 3.94. The third kappa shape index (κ3) is 1.81.